The summed E-state index contributed by atoms with van der Waals surface area (Å²) < 4.78 is 10.8. The van der Waals surface area contributed by atoms with Gasteiger partial charge in [0.15, 0.2) is 0 Å². The quantitative estimate of drug-likeness (QED) is 0.754. The minimum atomic E-state index is -0.740. The fraction of sp³-hybridized carbons (Fsp3) is 0.933. The molecule has 19 heavy (non-hydrogen) atoms. The van der Waals surface area contributed by atoms with Gasteiger partial charge in [-0.2, -0.15) is 0 Å². The third-order valence-electron chi connectivity index (χ3n) is 4.10. The number of esters is 1. The lowest BCUT2D eigenvalue weighted by Gasteiger charge is -2.36. The Morgan fingerprint density at radius 1 is 1.37 bits per heavy atom. The summed E-state index contributed by atoms with van der Waals surface area (Å²) in [6, 6.07) is 0. The summed E-state index contributed by atoms with van der Waals surface area (Å²) >= 11 is 0. The van der Waals surface area contributed by atoms with Gasteiger partial charge in [-0.15, -0.1) is 0 Å². The molecule has 1 saturated carbocycles. The Morgan fingerprint density at radius 2 is 1.95 bits per heavy atom. The molecule has 1 N–H and O–H groups in total. The molecule has 4 nitrogen and oxygen atoms in total. The molecule has 0 aliphatic heterocycles. The van der Waals surface area contributed by atoms with Gasteiger partial charge < -0.3 is 14.8 Å². The summed E-state index contributed by atoms with van der Waals surface area (Å²) in [5, 5.41) is 3.17. The van der Waals surface area contributed by atoms with Crippen LogP contribution in [-0.2, 0) is 14.3 Å². The van der Waals surface area contributed by atoms with Gasteiger partial charge in [0.05, 0.1) is 19.8 Å². The van der Waals surface area contributed by atoms with Crippen molar-refractivity contribution in [1.82, 2.24) is 5.32 Å². The van der Waals surface area contributed by atoms with Gasteiger partial charge in [0, 0.05) is 0 Å². The molecule has 4 heteroatoms. The molecule has 1 fully saturated rings. The van der Waals surface area contributed by atoms with E-state index in [0.29, 0.717) is 18.6 Å². The van der Waals surface area contributed by atoms with Crippen LogP contribution in [0, 0.1) is 5.41 Å². The van der Waals surface area contributed by atoms with E-state index >= 15 is 0 Å². The lowest BCUT2D eigenvalue weighted by molar-refractivity contribution is -0.152. The van der Waals surface area contributed by atoms with Crippen molar-refractivity contribution in [2.75, 3.05) is 20.3 Å². The Hall–Kier alpha value is -0.610. The molecule has 1 aliphatic rings. The normalized spacial score (nSPS) is 22.8. The van der Waals surface area contributed by atoms with Crippen LogP contribution in [0.3, 0.4) is 0 Å². The summed E-state index contributed by atoms with van der Waals surface area (Å²) in [7, 11) is 1.42. The van der Waals surface area contributed by atoms with E-state index in [2.05, 4.69) is 19.2 Å². The van der Waals surface area contributed by atoms with Crippen LogP contribution in [-0.4, -0.2) is 37.9 Å². The minimum absolute atomic E-state index is 0.259. The first-order chi connectivity index (χ1) is 8.83. The molecule has 0 radical (unpaired) electrons. The lowest BCUT2D eigenvalue weighted by atomic mass is 9.76. The third-order valence-corrected chi connectivity index (χ3v) is 4.10. The number of likely N-dealkylation sites (N-methyl/N-ethyl adjacent to an activating group) is 1. The van der Waals surface area contributed by atoms with E-state index in [1.54, 1.807) is 0 Å². The summed E-state index contributed by atoms with van der Waals surface area (Å²) in [5.74, 6) is -0.259. The van der Waals surface area contributed by atoms with Crippen LogP contribution >= 0.6 is 0 Å². The Kier molecular flexibility index (Phi) is 5.81. The molecule has 1 rings (SSSR count). The molecule has 0 amide bonds. The fourth-order valence-corrected chi connectivity index (χ4v) is 2.62. The number of rotatable bonds is 6. The van der Waals surface area contributed by atoms with Gasteiger partial charge in [-0.3, -0.25) is 0 Å². The van der Waals surface area contributed by atoms with Crippen molar-refractivity contribution < 1.29 is 14.3 Å². The van der Waals surface area contributed by atoms with Crippen molar-refractivity contribution in [3.05, 3.63) is 0 Å². The van der Waals surface area contributed by atoms with Crippen molar-refractivity contribution in [3.63, 3.8) is 0 Å². The van der Waals surface area contributed by atoms with Gasteiger partial charge in [-0.1, -0.05) is 20.8 Å². The van der Waals surface area contributed by atoms with Crippen molar-refractivity contribution in [1.29, 1.82) is 0 Å². The molecule has 0 bridgehead atoms. The van der Waals surface area contributed by atoms with Gasteiger partial charge in [-0.05, 0) is 44.6 Å². The zero-order chi connectivity index (χ0) is 14.5. The molecule has 0 aromatic heterocycles. The van der Waals surface area contributed by atoms with Crippen molar-refractivity contribution in [2.45, 2.75) is 65.0 Å². The van der Waals surface area contributed by atoms with Gasteiger partial charge in [0.25, 0.3) is 0 Å². The van der Waals surface area contributed by atoms with E-state index in [9.17, 15) is 4.79 Å². The molecular formula is C15H29NO3. The van der Waals surface area contributed by atoms with E-state index < -0.39 is 5.54 Å². The van der Waals surface area contributed by atoms with Crippen molar-refractivity contribution in [3.8, 4) is 0 Å². The summed E-state index contributed by atoms with van der Waals surface area (Å²) in [5.41, 5.74) is -0.302. The third kappa shape index (κ3) is 4.77. The van der Waals surface area contributed by atoms with Crippen LogP contribution in [0.4, 0.5) is 0 Å². The summed E-state index contributed by atoms with van der Waals surface area (Å²) in [4.78, 5) is 11.8. The number of hydrogen-bond acceptors (Lipinski definition) is 4. The second kappa shape index (κ2) is 6.71. The van der Waals surface area contributed by atoms with Crippen LogP contribution in [0.1, 0.15) is 53.4 Å². The van der Waals surface area contributed by atoms with Crippen LogP contribution in [0.5, 0.6) is 0 Å². The van der Waals surface area contributed by atoms with Gasteiger partial charge >= 0.3 is 5.97 Å². The topological polar surface area (TPSA) is 47.6 Å². The number of carbonyl (C=O) groups excluding carboxylic acids is 1. The van der Waals surface area contributed by atoms with E-state index in [0.717, 1.165) is 12.8 Å². The average Bonchev–Trinajstić information content (AvgIpc) is 2.37. The number of nitrogens with one attached hydrogen (secondary N) is 1. The molecule has 112 valence electrons. The summed E-state index contributed by atoms with van der Waals surface area (Å²) in [6.07, 6.45) is 4.81. The van der Waals surface area contributed by atoms with E-state index in [1.165, 1.54) is 20.0 Å². The minimum Gasteiger partial charge on any atom is -0.468 e. The molecule has 1 aliphatic carbocycles. The summed E-state index contributed by atoms with van der Waals surface area (Å²) in [6.45, 7) is 9.52. The maximum absolute atomic E-state index is 11.8. The molecule has 0 aromatic rings. The van der Waals surface area contributed by atoms with Gasteiger partial charge in [0.2, 0.25) is 0 Å². The predicted molar refractivity (Wildman–Crippen MR) is 76.1 cm³/mol. The Bertz CT molecular complexity index is 294. The van der Waals surface area contributed by atoms with E-state index in [-0.39, 0.29) is 12.1 Å². The monoisotopic (exact) mass is 271 g/mol. The lowest BCUT2D eigenvalue weighted by Crippen LogP contribution is -2.54. The van der Waals surface area contributed by atoms with E-state index in [4.69, 9.17) is 9.47 Å². The number of ether oxygens (including phenoxy) is 2. The smallest absolute Gasteiger partial charge is 0.328 e. The standard InChI is InChI=1S/C15H29NO3/c1-6-16-15(4,13(17)18-5)11-19-12-7-9-14(2,3)10-8-12/h12,16H,6-11H2,1-5H3. The molecule has 0 saturated heterocycles. The predicted octanol–water partition coefficient (Wildman–Crippen LogP) is 2.51. The number of hydrogen-bond donors (Lipinski definition) is 1. The first-order valence-corrected chi connectivity index (χ1v) is 7.28. The van der Waals surface area contributed by atoms with Gasteiger partial charge in [0.1, 0.15) is 5.54 Å². The fourth-order valence-electron chi connectivity index (χ4n) is 2.62. The molecule has 0 aromatic carbocycles. The van der Waals surface area contributed by atoms with Crippen LogP contribution in [0.25, 0.3) is 0 Å². The maximum Gasteiger partial charge on any atom is 0.328 e. The Morgan fingerprint density at radius 3 is 2.42 bits per heavy atom. The highest BCUT2D eigenvalue weighted by atomic mass is 16.5. The van der Waals surface area contributed by atoms with Crippen molar-refractivity contribution >= 4 is 5.97 Å². The maximum atomic E-state index is 11.8. The SMILES string of the molecule is CCNC(C)(COC1CCC(C)(C)CC1)C(=O)OC. The average molecular weight is 271 g/mol. The Balaban J connectivity index is 2.47. The first kappa shape index (κ1) is 16.4. The van der Waals surface area contributed by atoms with Gasteiger partial charge in [-0.25, -0.2) is 4.79 Å². The molecular weight excluding hydrogens is 242 g/mol. The Labute approximate surface area is 117 Å². The molecule has 1 atom stereocenters. The molecule has 1 unspecified atom stereocenters. The number of carbonyl (C=O) groups is 1. The largest absolute Gasteiger partial charge is 0.468 e. The van der Waals surface area contributed by atoms with E-state index in [1.807, 2.05) is 13.8 Å². The molecule has 0 spiro atoms. The highest BCUT2D eigenvalue weighted by Crippen LogP contribution is 2.36. The highest BCUT2D eigenvalue weighted by Gasteiger charge is 2.36. The molecule has 0 heterocycles. The van der Waals surface area contributed by atoms with Crippen molar-refractivity contribution in [2.24, 2.45) is 5.41 Å². The van der Waals surface area contributed by atoms with Crippen LogP contribution < -0.4 is 5.32 Å². The number of methoxy groups -OCH3 is 1. The zero-order valence-electron chi connectivity index (χ0n) is 13.0. The zero-order valence-corrected chi connectivity index (χ0v) is 13.0. The second-order valence-electron chi connectivity index (χ2n) is 6.53. The highest BCUT2D eigenvalue weighted by molar-refractivity contribution is 5.80. The van der Waals surface area contributed by atoms with Crippen LogP contribution in [0.2, 0.25) is 0 Å². The first-order valence-electron chi connectivity index (χ1n) is 7.28. The second-order valence-corrected chi connectivity index (χ2v) is 6.53. The van der Waals surface area contributed by atoms with Crippen LogP contribution in [0.15, 0.2) is 0 Å².